The molecule has 0 bridgehead atoms. The number of carbonyl (C=O) groups excluding carboxylic acids is 1. The summed E-state index contributed by atoms with van der Waals surface area (Å²) < 4.78 is 1.60. The van der Waals surface area contributed by atoms with Gasteiger partial charge in [-0.1, -0.05) is 37.3 Å². The Morgan fingerprint density at radius 1 is 1.12 bits per heavy atom. The minimum absolute atomic E-state index is 0.206. The highest BCUT2D eigenvalue weighted by molar-refractivity contribution is 5.89. The largest absolute Gasteiger partial charge is 0.338 e. The third-order valence-electron chi connectivity index (χ3n) is 6.33. The van der Waals surface area contributed by atoms with E-state index in [2.05, 4.69) is 77.0 Å². The molecule has 182 valence electrons. The topological polar surface area (TPSA) is 88.0 Å². The first-order valence-electron chi connectivity index (χ1n) is 12.0. The van der Waals surface area contributed by atoms with Crippen LogP contribution < -0.4 is 10.6 Å². The number of aromatic nitrogens is 4. The number of nitrogens with zero attached hydrogens (tertiary/aromatic N) is 5. The van der Waals surface area contributed by atoms with Crippen LogP contribution in [0, 0.1) is 13.8 Å². The van der Waals surface area contributed by atoms with Crippen molar-refractivity contribution in [1.29, 1.82) is 0 Å². The molecule has 1 heterocycles. The van der Waals surface area contributed by atoms with Crippen molar-refractivity contribution in [2.75, 3.05) is 18.4 Å². The van der Waals surface area contributed by atoms with Crippen LogP contribution in [0.2, 0.25) is 0 Å². The van der Waals surface area contributed by atoms with E-state index in [1.807, 2.05) is 24.3 Å². The van der Waals surface area contributed by atoms with Crippen molar-refractivity contribution in [3.8, 4) is 11.4 Å². The molecule has 0 radical (unpaired) electrons. The molecule has 2 aromatic carbocycles. The Morgan fingerprint density at radius 2 is 1.94 bits per heavy atom. The number of anilines is 1. The summed E-state index contributed by atoms with van der Waals surface area (Å²) in [5.41, 5.74) is 5.59. The molecule has 0 saturated heterocycles. The van der Waals surface area contributed by atoms with Crippen LogP contribution in [0.4, 0.5) is 10.5 Å². The Hall–Kier alpha value is -3.26. The van der Waals surface area contributed by atoms with Gasteiger partial charge in [-0.05, 0) is 85.8 Å². The Morgan fingerprint density at radius 3 is 2.65 bits per heavy atom. The van der Waals surface area contributed by atoms with Crippen molar-refractivity contribution < 1.29 is 4.79 Å². The van der Waals surface area contributed by atoms with Crippen LogP contribution in [0.1, 0.15) is 49.8 Å². The van der Waals surface area contributed by atoms with Crippen molar-refractivity contribution >= 4 is 11.7 Å². The smallest absolute Gasteiger partial charge is 0.319 e. The van der Waals surface area contributed by atoms with Crippen LogP contribution in [0.25, 0.3) is 11.4 Å². The van der Waals surface area contributed by atoms with E-state index >= 15 is 0 Å². The van der Waals surface area contributed by atoms with Gasteiger partial charge in [-0.25, -0.2) is 9.48 Å². The predicted molar refractivity (Wildman–Crippen MR) is 137 cm³/mol. The molecule has 0 aliphatic carbocycles. The third kappa shape index (κ3) is 7.12. The highest BCUT2D eigenvalue weighted by Crippen LogP contribution is 2.19. The second-order valence-electron chi connectivity index (χ2n) is 8.94. The molecule has 2 N–H and O–H groups in total. The SMILES string of the molecule is CCC(C)N(CCCCNC(=O)Nc1cccc(-c2nnnn2C)c1)Cc1ccc(C)c(C)c1. The quantitative estimate of drug-likeness (QED) is 0.403. The number of nitrogens with one attached hydrogen (secondary N) is 2. The number of hydrogen-bond acceptors (Lipinski definition) is 5. The first-order chi connectivity index (χ1) is 16.4. The molecule has 8 heteroatoms. The lowest BCUT2D eigenvalue weighted by molar-refractivity contribution is 0.191. The van der Waals surface area contributed by atoms with Crippen molar-refractivity contribution in [2.24, 2.45) is 7.05 Å². The summed E-state index contributed by atoms with van der Waals surface area (Å²) >= 11 is 0. The molecule has 0 saturated carbocycles. The lowest BCUT2D eigenvalue weighted by atomic mass is 10.0. The van der Waals surface area contributed by atoms with Crippen molar-refractivity contribution in [2.45, 2.75) is 59.5 Å². The lowest BCUT2D eigenvalue weighted by Gasteiger charge is -2.28. The van der Waals surface area contributed by atoms with Gasteiger partial charge >= 0.3 is 6.03 Å². The van der Waals surface area contributed by atoms with Crippen LogP contribution >= 0.6 is 0 Å². The molecule has 1 aromatic heterocycles. The number of amides is 2. The van der Waals surface area contributed by atoms with Gasteiger partial charge in [-0.15, -0.1) is 5.10 Å². The van der Waals surface area contributed by atoms with E-state index in [1.165, 1.54) is 16.7 Å². The summed E-state index contributed by atoms with van der Waals surface area (Å²) in [5, 5.41) is 17.4. The number of hydrogen-bond donors (Lipinski definition) is 2. The fourth-order valence-corrected chi connectivity index (χ4v) is 3.88. The van der Waals surface area contributed by atoms with Crippen LogP contribution in [0.15, 0.2) is 42.5 Å². The maximum Gasteiger partial charge on any atom is 0.319 e. The number of unbranched alkanes of at least 4 members (excludes halogenated alkanes) is 1. The zero-order valence-electron chi connectivity index (χ0n) is 21.0. The second-order valence-corrected chi connectivity index (χ2v) is 8.94. The Kier molecular flexibility index (Phi) is 9.16. The fraction of sp³-hybridized carbons (Fsp3) is 0.462. The summed E-state index contributed by atoms with van der Waals surface area (Å²) in [6, 6.07) is 14.6. The van der Waals surface area contributed by atoms with Crippen molar-refractivity contribution in [1.82, 2.24) is 30.4 Å². The van der Waals surface area contributed by atoms with E-state index in [-0.39, 0.29) is 6.03 Å². The minimum Gasteiger partial charge on any atom is -0.338 e. The zero-order chi connectivity index (χ0) is 24.5. The zero-order valence-corrected chi connectivity index (χ0v) is 21.0. The van der Waals surface area contributed by atoms with Gasteiger partial charge < -0.3 is 10.6 Å². The maximum atomic E-state index is 12.4. The average molecular weight is 464 g/mol. The van der Waals surface area contributed by atoms with Gasteiger partial charge in [-0.2, -0.15) is 0 Å². The number of carbonyl (C=O) groups is 1. The summed E-state index contributed by atoms with van der Waals surface area (Å²) in [7, 11) is 1.78. The molecule has 8 nitrogen and oxygen atoms in total. The lowest BCUT2D eigenvalue weighted by Crippen LogP contribution is -2.34. The molecule has 0 fully saturated rings. The molecule has 2 amide bonds. The van der Waals surface area contributed by atoms with Gasteiger partial charge in [0.25, 0.3) is 0 Å². The average Bonchev–Trinajstić information content (AvgIpc) is 3.26. The standard InChI is InChI=1S/C26H37N7O/c1-6-21(4)33(18-22-13-12-19(2)20(3)16-22)15-8-7-14-27-26(34)28-24-11-9-10-23(17-24)25-29-30-31-32(25)5/h9-13,16-17,21H,6-8,14-15,18H2,1-5H3,(H2,27,28,34). The van der Waals surface area contributed by atoms with E-state index in [9.17, 15) is 4.79 Å². The van der Waals surface area contributed by atoms with Crippen LogP contribution in [-0.4, -0.2) is 50.3 Å². The molecule has 0 spiro atoms. The summed E-state index contributed by atoms with van der Waals surface area (Å²) in [6.45, 7) is 11.5. The molecule has 3 aromatic rings. The number of benzene rings is 2. The molecular formula is C26H37N7O. The molecule has 3 rings (SSSR count). The summed E-state index contributed by atoms with van der Waals surface area (Å²) in [5.74, 6) is 0.649. The van der Waals surface area contributed by atoms with E-state index in [0.717, 1.165) is 37.9 Å². The van der Waals surface area contributed by atoms with Crippen LogP contribution in [0.5, 0.6) is 0 Å². The van der Waals surface area contributed by atoms with Crippen molar-refractivity contribution in [3.05, 3.63) is 59.2 Å². The van der Waals surface area contributed by atoms with Gasteiger partial charge in [0.1, 0.15) is 0 Å². The van der Waals surface area contributed by atoms with Gasteiger partial charge in [0.2, 0.25) is 0 Å². The van der Waals surface area contributed by atoms with Gasteiger partial charge in [0.05, 0.1) is 0 Å². The van der Waals surface area contributed by atoms with Crippen LogP contribution in [-0.2, 0) is 13.6 Å². The highest BCUT2D eigenvalue weighted by atomic mass is 16.2. The number of rotatable bonds is 11. The molecular weight excluding hydrogens is 426 g/mol. The molecule has 0 aliphatic heterocycles. The molecule has 34 heavy (non-hydrogen) atoms. The predicted octanol–water partition coefficient (Wildman–Crippen LogP) is 4.70. The molecule has 1 atom stereocenters. The number of tetrazole rings is 1. The molecule has 1 unspecified atom stereocenters. The van der Waals surface area contributed by atoms with E-state index < -0.39 is 0 Å². The Labute approximate surface area is 202 Å². The highest BCUT2D eigenvalue weighted by Gasteiger charge is 2.13. The number of urea groups is 1. The van der Waals surface area contributed by atoms with Crippen LogP contribution in [0.3, 0.4) is 0 Å². The monoisotopic (exact) mass is 463 g/mol. The second kappa shape index (κ2) is 12.3. The normalized spacial score (nSPS) is 12.1. The van der Waals surface area contributed by atoms with E-state index in [0.29, 0.717) is 24.1 Å². The van der Waals surface area contributed by atoms with Gasteiger partial charge in [-0.3, -0.25) is 4.90 Å². The van der Waals surface area contributed by atoms with E-state index in [4.69, 9.17) is 0 Å². The maximum absolute atomic E-state index is 12.4. The number of aryl methyl sites for hydroxylation is 3. The van der Waals surface area contributed by atoms with E-state index in [1.54, 1.807) is 11.7 Å². The first kappa shape index (κ1) is 25.4. The summed E-state index contributed by atoms with van der Waals surface area (Å²) in [4.78, 5) is 14.9. The Balaban J connectivity index is 1.43. The van der Waals surface area contributed by atoms with Gasteiger partial charge in [0.15, 0.2) is 5.82 Å². The summed E-state index contributed by atoms with van der Waals surface area (Å²) in [6.07, 6.45) is 3.08. The fourth-order valence-electron chi connectivity index (χ4n) is 3.88. The first-order valence-corrected chi connectivity index (χ1v) is 12.0. The minimum atomic E-state index is -0.206. The molecule has 0 aliphatic rings. The third-order valence-corrected chi connectivity index (χ3v) is 6.33. The Bertz CT molecular complexity index is 1080. The van der Waals surface area contributed by atoms with Gasteiger partial charge in [0, 0.05) is 37.4 Å². The van der Waals surface area contributed by atoms with Crippen molar-refractivity contribution in [3.63, 3.8) is 0 Å².